The van der Waals surface area contributed by atoms with Gasteiger partial charge in [0.2, 0.25) is 0 Å². The average molecular weight is 155 g/mol. The summed E-state index contributed by atoms with van der Waals surface area (Å²) in [6.45, 7) is 0. The molecule has 0 aliphatic rings. The molecule has 4 nitrogen and oxygen atoms in total. The van der Waals surface area contributed by atoms with Crippen LogP contribution in [0.4, 0.5) is 0 Å². The van der Waals surface area contributed by atoms with E-state index in [4.69, 9.17) is 15.3 Å². The Hall–Kier alpha value is 0.00948. The minimum Gasteiger partial charge on any atom is -0.328 e. The van der Waals surface area contributed by atoms with Crippen LogP contribution in [0, 0.1) is 10.1 Å². The molecular weight excluding hydrogens is 153 g/mol. The first kappa shape index (κ1) is 16.7. The van der Waals surface area contributed by atoms with E-state index in [0.29, 0.717) is 0 Å². The Morgan fingerprint density at radius 1 is 1.67 bits per heavy atom. The molecule has 0 unspecified atom stereocenters. The maximum absolute atomic E-state index is 8.36. The van der Waals surface area contributed by atoms with Gasteiger partial charge < -0.3 is 5.21 Å². The van der Waals surface area contributed by atoms with Crippen LogP contribution in [0.1, 0.15) is 0 Å². The van der Waals surface area contributed by atoms with E-state index < -0.39 is 5.09 Å². The summed E-state index contributed by atoms with van der Waals surface area (Å²) in [6.07, 6.45) is 0. The number of hydrogen-bond acceptors (Lipinski definition) is 2. The Morgan fingerprint density at radius 2 is 1.67 bits per heavy atom. The molecule has 0 aromatic carbocycles. The second-order valence-electron chi connectivity index (χ2n) is 0.238. The molecule has 0 radical (unpaired) electrons. The molecule has 40 valence electrons. The predicted molar refractivity (Wildman–Crippen MR) is 16.0 cm³/mol. The van der Waals surface area contributed by atoms with Gasteiger partial charge in [-0.25, -0.2) is 0 Å². The van der Waals surface area contributed by atoms with E-state index in [0.717, 1.165) is 0 Å². The van der Waals surface area contributed by atoms with Gasteiger partial charge in [0.1, 0.15) is 0 Å². The van der Waals surface area contributed by atoms with Crippen molar-refractivity contribution >= 4 is 12.4 Å². The molecule has 0 heterocycles. The summed E-state index contributed by atoms with van der Waals surface area (Å²) < 4.78 is 0. The van der Waals surface area contributed by atoms with Crippen molar-refractivity contribution in [1.82, 2.24) is 0 Å². The summed E-state index contributed by atoms with van der Waals surface area (Å²) in [5.74, 6) is 0. The van der Waals surface area contributed by atoms with Gasteiger partial charge in [0.15, 0.2) is 0 Å². The molecular formula is H2ClFeNO3. The smallest absolute Gasteiger partial charge is 0.291 e. The largest absolute Gasteiger partial charge is 0.328 e. The summed E-state index contributed by atoms with van der Waals surface area (Å²) in [6, 6.07) is 0. The van der Waals surface area contributed by atoms with Gasteiger partial charge in [-0.05, 0) is 0 Å². The molecule has 0 amide bonds. The average Bonchev–Trinajstić information content (AvgIpc) is 0.811. The van der Waals surface area contributed by atoms with Crippen LogP contribution in [0.2, 0.25) is 0 Å². The number of rotatable bonds is 0. The van der Waals surface area contributed by atoms with Gasteiger partial charge in [0.05, 0.1) is 0 Å². The molecule has 0 saturated carbocycles. The fourth-order valence-corrected chi connectivity index (χ4v) is 0. The molecule has 0 fully saturated rings. The van der Waals surface area contributed by atoms with Crippen molar-refractivity contribution in [3.63, 3.8) is 0 Å². The second-order valence-corrected chi connectivity index (χ2v) is 0.238. The molecule has 0 aliphatic heterocycles. The van der Waals surface area contributed by atoms with Crippen LogP contribution in [0.3, 0.4) is 0 Å². The Kier molecular flexibility index (Phi) is 24.7. The van der Waals surface area contributed by atoms with Gasteiger partial charge in [-0.1, -0.05) is 0 Å². The van der Waals surface area contributed by atoms with E-state index in [1.807, 2.05) is 0 Å². The second kappa shape index (κ2) is 8.89. The summed E-state index contributed by atoms with van der Waals surface area (Å²) in [5.41, 5.74) is 0. The van der Waals surface area contributed by atoms with Crippen molar-refractivity contribution < 1.29 is 27.4 Å². The fraction of sp³-hybridized carbons (Fsp3) is 0. The van der Waals surface area contributed by atoms with Crippen LogP contribution in [0.5, 0.6) is 0 Å². The molecule has 0 aromatic heterocycles. The molecule has 0 rings (SSSR count). The first-order chi connectivity index (χ1) is 1.73. The van der Waals surface area contributed by atoms with Gasteiger partial charge in [-0.15, -0.1) is 22.5 Å². The minimum atomic E-state index is -1.50. The van der Waals surface area contributed by atoms with Crippen molar-refractivity contribution in [2.75, 3.05) is 0 Å². The Bertz CT molecular complexity index is 33.8. The molecule has 0 saturated heterocycles. The SMILES string of the molecule is Cl.O=[N+]([O-])O.[Fe]. The number of halogens is 1. The summed E-state index contributed by atoms with van der Waals surface area (Å²) >= 11 is 0. The van der Waals surface area contributed by atoms with E-state index in [1.165, 1.54) is 0 Å². The molecule has 0 atom stereocenters. The van der Waals surface area contributed by atoms with Gasteiger partial charge in [-0.3, -0.25) is 0 Å². The van der Waals surface area contributed by atoms with Gasteiger partial charge >= 0.3 is 0 Å². The third-order valence-corrected chi connectivity index (χ3v) is 0. The molecule has 6 heteroatoms. The van der Waals surface area contributed by atoms with Crippen molar-refractivity contribution in [2.45, 2.75) is 0 Å². The third kappa shape index (κ3) is 404000. The zero-order chi connectivity index (χ0) is 3.58. The van der Waals surface area contributed by atoms with Crippen LogP contribution >= 0.6 is 12.4 Å². The topological polar surface area (TPSA) is 63.4 Å². The fourth-order valence-electron chi connectivity index (χ4n) is 0. The first-order valence-corrected chi connectivity index (χ1v) is 0.565. The molecule has 0 aliphatic carbocycles. The van der Waals surface area contributed by atoms with Crippen molar-refractivity contribution in [3.8, 4) is 0 Å². The quantitative estimate of drug-likeness (QED) is 0.306. The van der Waals surface area contributed by atoms with Crippen LogP contribution in [0.25, 0.3) is 0 Å². The van der Waals surface area contributed by atoms with E-state index in [9.17, 15) is 0 Å². The van der Waals surface area contributed by atoms with Crippen LogP contribution < -0.4 is 0 Å². The predicted octanol–water partition coefficient (Wildman–Crippen LogP) is 0.0716. The van der Waals surface area contributed by atoms with Crippen molar-refractivity contribution in [3.05, 3.63) is 10.1 Å². The van der Waals surface area contributed by atoms with Crippen LogP contribution in [0.15, 0.2) is 0 Å². The maximum atomic E-state index is 8.36. The summed E-state index contributed by atoms with van der Waals surface area (Å²) in [4.78, 5) is 8.36. The third-order valence-electron chi connectivity index (χ3n) is 0. The van der Waals surface area contributed by atoms with Gasteiger partial charge in [0, 0.05) is 17.1 Å². The Morgan fingerprint density at radius 3 is 1.67 bits per heavy atom. The molecule has 0 aromatic rings. The normalized spacial score (nSPS) is 4.00. The van der Waals surface area contributed by atoms with Crippen LogP contribution in [-0.2, 0) is 17.1 Å². The van der Waals surface area contributed by atoms with E-state index in [2.05, 4.69) is 0 Å². The van der Waals surface area contributed by atoms with E-state index in [1.54, 1.807) is 0 Å². The zero-order valence-electron chi connectivity index (χ0n) is 2.47. The molecule has 0 bridgehead atoms. The van der Waals surface area contributed by atoms with Gasteiger partial charge in [-0.2, -0.15) is 0 Å². The monoisotopic (exact) mass is 155 g/mol. The molecule has 0 spiro atoms. The van der Waals surface area contributed by atoms with Crippen molar-refractivity contribution in [2.24, 2.45) is 0 Å². The van der Waals surface area contributed by atoms with E-state index in [-0.39, 0.29) is 29.5 Å². The zero-order valence-corrected chi connectivity index (χ0v) is 4.39. The van der Waals surface area contributed by atoms with Crippen LogP contribution in [-0.4, -0.2) is 10.3 Å². The maximum Gasteiger partial charge on any atom is 0.291 e. The summed E-state index contributed by atoms with van der Waals surface area (Å²) in [5, 5.41) is 13.6. The molecule has 6 heavy (non-hydrogen) atoms. The standard InChI is InChI=1S/ClH.Fe.HNO3/c;;2-1(3)4/h1H;;(H,2,3,4). The molecule has 1 N–H and O–H groups in total. The minimum absolute atomic E-state index is 0. The Labute approximate surface area is 50.5 Å². The Balaban J connectivity index is -0.0000000450. The van der Waals surface area contributed by atoms with Crippen molar-refractivity contribution in [1.29, 1.82) is 0 Å². The first-order valence-electron chi connectivity index (χ1n) is 0.565. The van der Waals surface area contributed by atoms with Gasteiger partial charge in [0.25, 0.3) is 5.09 Å². The number of nitrogens with zero attached hydrogens (tertiary/aromatic N) is 1. The summed E-state index contributed by atoms with van der Waals surface area (Å²) in [7, 11) is 0. The van der Waals surface area contributed by atoms with E-state index >= 15 is 0 Å². The number of hydrogen-bond donors (Lipinski definition) is 1.